The normalized spacial score (nSPS) is 15.7. The number of fused-ring (bicyclic) bond motifs is 1. The predicted molar refractivity (Wildman–Crippen MR) is 102 cm³/mol. The number of carbonyl (C=O) groups excluding carboxylic acids is 1. The Kier molecular flexibility index (Phi) is 5.76. The summed E-state index contributed by atoms with van der Waals surface area (Å²) in [5, 5.41) is 5.36. The van der Waals surface area contributed by atoms with Gasteiger partial charge in [0.25, 0.3) is 0 Å². The van der Waals surface area contributed by atoms with Crippen LogP contribution < -0.4 is 10.1 Å². The molecule has 1 aliphatic rings. The van der Waals surface area contributed by atoms with Gasteiger partial charge in [0.15, 0.2) is 0 Å². The minimum absolute atomic E-state index is 0.0138. The SMILES string of the molecule is COc1ccc(C(NC(=O)CN2CCc3sccc3C2)C(C)C)cc1. The number of ether oxygens (including phenoxy) is 1. The first-order chi connectivity index (χ1) is 12.1. The highest BCUT2D eigenvalue weighted by Gasteiger charge is 2.22. The van der Waals surface area contributed by atoms with Gasteiger partial charge in [-0.1, -0.05) is 26.0 Å². The maximum absolute atomic E-state index is 12.6. The van der Waals surface area contributed by atoms with E-state index in [0.717, 1.165) is 30.8 Å². The number of hydrogen-bond donors (Lipinski definition) is 1. The summed E-state index contributed by atoms with van der Waals surface area (Å²) < 4.78 is 5.22. The first kappa shape index (κ1) is 18.0. The van der Waals surface area contributed by atoms with Gasteiger partial charge in [0, 0.05) is 18.0 Å². The lowest BCUT2D eigenvalue weighted by molar-refractivity contribution is -0.123. The summed E-state index contributed by atoms with van der Waals surface area (Å²) >= 11 is 1.82. The number of rotatable bonds is 6. The van der Waals surface area contributed by atoms with Gasteiger partial charge in [-0.25, -0.2) is 0 Å². The number of benzene rings is 1. The predicted octanol–water partition coefficient (Wildman–Crippen LogP) is 3.63. The van der Waals surface area contributed by atoms with Crippen LogP contribution in [0, 0.1) is 5.92 Å². The van der Waals surface area contributed by atoms with Crippen molar-refractivity contribution in [3.63, 3.8) is 0 Å². The first-order valence-corrected chi connectivity index (χ1v) is 9.65. The highest BCUT2D eigenvalue weighted by Crippen LogP contribution is 2.25. The van der Waals surface area contributed by atoms with E-state index in [1.165, 1.54) is 10.4 Å². The number of thiophene rings is 1. The van der Waals surface area contributed by atoms with E-state index in [1.54, 1.807) is 7.11 Å². The maximum Gasteiger partial charge on any atom is 0.234 e. The number of amides is 1. The molecule has 1 unspecified atom stereocenters. The largest absolute Gasteiger partial charge is 0.497 e. The highest BCUT2D eigenvalue weighted by molar-refractivity contribution is 7.10. The van der Waals surface area contributed by atoms with Crippen molar-refractivity contribution in [2.75, 3.05) is 20.2 Å². The molecule has 1 atom stereocenters. The average Bonchev–Trinajstić information content (AvgIpc) is 3.07. The van der Waals surface area contributed by atoms with E-state index in [9.17, 15) is 4.79 Å². The highest BCUT2D eigenvalue weighted by atomic mass is 32.1. The van der Waals surface area contributed by atoms with Crippen LogP contribution in [0.25, 0.3) is 0 Å². The van der Waals surface area contributed by atoms with Crippen molar-refractivity contribution >= 4 is 17.2 Å². The zero-order valence-electron chi connectivity index (χ0n) is 15.1. The number of nitrogens with zero attached hydrogens (tertiary/aromatic N) is 1. The van der Waals surface area contributed by atoms with Crippen LogP contribution in [0.5, 0.6) is 5.75 Å². The van der Waals surface area contributed by atoms with Gasteiger partial charge in [-0.15, -0.1) is 11.3 Å². The summed E-state index contributed by atoms with van der Waals surface area (Å²) in [6, 6.07) is 10.1. The zero-order chi connectivity index (χ0) is 17.8. The van der Waals surface area contributed by atoms with Crippen molar-refractivity contribution in [1.29, 1.82) is 0 Å². The molecule has 1 N–H and O–H groups in total. The zero-order valence-corrected chi connectivity index (χ0v) is 15.9. The molecule has 25 heavy (non-hydrogen) atoms. The number of nitrogens with one attached hydrogen (secondary N) is 1. The minimum atomic E-state index is 0.0138. The van der Waals surface area contributed by atoms with Crippen molar-refractivity contribution in [3.8, 4) is 5.75 Å². The third kappa shape index (κ3) is 4.41. The second-order valence-electron chi connectivity index (χ2n) is 6.89. The molecule has 134 valence electrons. The molecule has 2 heterocycles. The molecule has 2 aromatic rings. The van der Waals surface area contributed by atoms with E-state index in [-0.39, 0.29) is 11.9 Å². The van der Waals surface area contributed by atoms with Gasteiger partial charge in [0.2, 0.25) is 5.91 Å². The third-order valence-electron chi connectivity index (χ3n) is 4.71. The first-order valence-electron chi connectivity index (χ1n) is 8.77. The van der Waals surface area contributed by atoms with Crippen molar-refractivity contribution in [3.05, 3.63) is 51.7 Å². The van der Waals surface area contributed by atoms with Gasteiger partial charge in [-0.3, -0.25) is 9.69 Å². The van der Waals surface area contributed by atoms with Crippen LogP contribution in [0.15, 0.2) is 35.7 Å². The Labute approximate surface area is 153 Å². The molecule has 1 aromatic carbocycles. The topological polar surface area (TPSA) is 41.6 Å². The third-order valence-corrected chi connectivity index (χ3v) is 5.74. The Morgan fingerprint density at radius 2 is 2.04 bits per heavy atom. The molecule has 0 bridgehead atoms. The van der Waals surface area contributed by atoms with E-state index in [2.05, 4.69) is 35.5 Å². The molecule has 1 aliphatic heterocycles. The molecule has 4 nitrogen and oxygen atoms in total. The van der Waals surface area contributed by atoms with Crippen LogP contribution in [-0.4, -0.2) is 31.0 Å². The molecule has 0 saturated heterocycles. The molecule has 1 aromatic heterocycles. The Balaban J connectivity index is 1.61. The standard InChI is InChI=1S/C20H26N2O2S/c1-14(2)20(15-4-6-17(24-3)7-5-15)21-19(23)13-22-10-8-18-16(12-22)9-11-25-18/h4-7,9,11,14,20H,8,10,12-13H2,1-3H3,(H,21,23). The van der Waals surface area contributed by atoms with Crippen LogP contribution in [0.1, 0.15) is 35.9 Å². The van der Waals surface area contributed by atoms with Crippen LogP contribution in [0.4, 0.5) is 0 Å². The molecule has 1 amide bonds. The average molecular weight is 359 g/mol. The second kappa shape index (κ2) is 8.02. The fraction of sp³-hybridized carbons (Fsp3) is 0.450. The molecule has 0 spiro atoms. The summed E-state index contributed by atoms with van der Waals surface area (Å²) in [5.41, 5.74) is 2.49. The molecule has 5 heteroatoms. The summed E-state index contributed by atoms with van der Waals surface area (Å²) in [5.74, 6) is 1.24. The van der Waals surface area contributed by atoms with E-state index in [0.29, 0.717) is 12.5 Å². The lowest BCUT2D eigenvalue weighted by Gasteiger charge is -2.28. The van der Waals surface area contributed by atoms with Gasteiger partial charge in [0.05, 0.1) is 19.7 Å². The molecule has 0 radical (unpaired) electrons. The minimum Gasteiger partial charge on any atom is -0.497 e. The van der Waals surface area contributed by atoms with Crippen LogP contribution >= 0.6 is 11.3 Å². The van der Waals surface area contributed by atoms with Crippen molar-refractivity contribution < 1.29 is 9.53 Å². The second-order valence-corrected chi connectivity index (χ2v) is 7.89. The molecular weight excluding hydrogens is 332 g/mol. The number of methoxy groups -OCH3 is 1. The van der Waals surface area contributed by atoms with E-state index in [4.69, 9.17) is 4.74 Å². The molecule has 0 aliphatic carbocycles. The summed E-state index contributed by atoms with van der Waals surface area (Å²) in [7, 11) is 1.66. The lowest BCUT2D eigenvalue weighted by Crippen LogP contribution is -2.41. The van der Waals surface area contributed by atoms with E-state index >= 15 is 0 Å². The van der Waals surface area contributed by atoms with Crippen molar-refractivity contribution in [2.45, 2.75) is 32.9 Å². The van der Waals surface area contributed by atoms with Gasteiger partial charge in [-0.2, -0.15) is 0 Å². The number of hydrogen-bond acceptors (Lipinski definition) is 4. The molecular formula is C20H26N2O2S. The van der Waals surface area contributed by atoms with Crippen LogP contribution in [-0.2, 0) is 17.8 Å². The van der Waals surface area contributed by atoms with Gasteiger partial charge in [-0.05, 0) is 47.0 Å². The molecule has 0 saturated carbocycles. The quantitative estimate of drug-likeness (QED) is 0.857. The lowest BCUT2D eigenvalue weighted by atomic mass is 9.96. The fourth-order valence-corrected chi connectivity index (χ4v) is 4.20. The van der Waals surface area contributed by atoms with E-state index in [1.807, 2.05) is 35.6 Å². The number of carbonyl (C=O) groups is 1. The van der Waals surface area contributed by atoms with E-state index < -0.39 is 0 Å². The van der Waals surface area contributed by atoms with Gasteiger partial charge >= 0.3 is 0 Å². The Hall–Kier alpha value is -1.85. The Morgan fingerprint density at radius 3 is 2.72 bits per heavy atom. The smallest absolute Gasteiger partial charge is 0.234 e. The fourth-order valence-electron chi connectivity index (χ4n) is 3.31. The van der Waals surface area contributed by atoms with Gasteiger partial charge < -0.3 is 10.1 Å². The molecule has 3 rings (SSSR count). The van der Waals surface area contributed by atoms with Crippen molar-refractivity contribution in [1.82, 2.24) is 10.2 Å². The van der Waals surface area contributed by atoms with Crippen LogP contribution in [0.2, 0.25) is 0 Å². The van der Waals surface area contributed by atoms with Crippen LogP contribution in [0.3, 0.4) is 0 Å². The van der Waals surface area contributed by atoms with Gasteiger partial charge in [0.1, 0.15) is 5.75 Å². The van der Waals surface area contributed by atoms with Crippen molar-refractivity contribution in [2.24, 2.45) is 5.92 Å². The maximum atomic E-state index is 12.6. The summed E-state index contributed by atoms with van der Waals surface area (Å²) in [6.07, 6.45) is 1.05. The Bertz CT molecular complexity index is 709. The Morgan fingerprint density at radius 1 is 1.28 bits per heavy atom. The monoisotopic (exact) mass is 358 g/mol. The summed E-state index contributed by atoms with van der Waals surface area (Å²) in [4.78, 5) is 16.3. The summed E-state index contributed by atoms with van der Waals surface area (Å²) in [6.45, 7) is 6.55. The molecule has 0 fully saturated rings.